The molecule has 0 aliphatic carbocycles. The number of amides is 2. The molecule has 2 unspecified atom stereocenters. The van der Waals surface area contributed by atoms with Gasteiger partial charge in [-0.25, -0.2) is 4.39 Å². The second-order valence-electron chi connectivity index (χ2n) is 14.7. The maximum Gasteiger partial charge on any atom is 0.318 e. The van der Waals surface area contributed by atoms with Crippen LogP contribution in [0.5, 0.6) is 17.5 Å². The van der Waals surface area contributed by atoms with Crippen molar-refractivity contribution in [2.24, 2.45) is 5.92 Å². The molecule has 3 aliphatic rings. The van der Waals surface area contributed by atoms with Gasteiger partial charge >= 0.3 is 6.01 Å². The Balaban J connectivity index is 1.15. The van der Waals surface area contributed by atoms with Gasteiger partial charge in [0, 0.05) is 67.9 Å². The highest BCUT2D eigenvalue weighted by Gasteiger charge is 2.36. The van der Waals surface area contributed by atoms with Crippen LogP contribution in [0.3, 0.4) is 0 Å². The summed E-state index contributed by atoms with van der Waals surface area (Å²) >= 11 is 6.72. The number of aromatic hydroxyl groups is 2. The molecular formula is C41H43ClFN7O5. The van der Waals surface area contributed by atoms with E-state index in [0.717, 1.165) is 27.7 Å². The number of phenols is 2. The lowest BCUT2D eigenvalue weighted by molar-refractivity contribution is -0.131. The Hall–Kier alpha value is -5.61. The molecule has 4 heterocycles. The number of fused-ring (bicyclic) bond motifs is 2. The highest BCUT2D eigenvalue weighted by Crippen LogP contribution is 2.38. The van der Waals surface area contributed by atoms with E-state index in [0.29, 0.717) is 62.0 Å². The molecular weight excluding hydrogens is 725 g/mol. The Bertz CT molecular complexity index is 2200. The Morgan fingerprint density at radius 1 is 1.05 bits per heavy atom. The van der Waals surface area contributed by atoms with Gasteiger partial charge in [-0.2, -0.15) is 15.2 Å². The maximum absolute atomic E-state index is 14.0. The van der Waals surface area contributed by atoms with E-state index in [1.54, 1.807) is 11.0 Å². The Kier molecular flexibility index (Phi) is 10.7. The number of hydrogen-bond donors (Lipinski definition) is 2. The van der Waals surface area contributed by atoms with Crippen LogP contribution >= 0.6 is 11.6 Å². The molecule has 0 spiro atoms. The first-order chi connectivity index (χ1) is 26.4. The number of rotatable bonds is 9. The maximum atomic E-state index is 14.0. The third kappa shape index (κ3) is 7.56. The van der Waals surface area contributed by atoms with E-state index in [1.165, 1.54) is 11.0 Å². The van der Waals surface area contributed by atoms with Crippen molar-refractivity contribution in [1.29, 1.82) is 5.26 Å². The molecule has 3 aromatic carbocycles. The summed E-state index contributed by atoms with van der Waals surface area (Å²) in [5.41, 5.74) is 3.43. The zero-order valence-electron chi connectivity index (χ0n) is 30.8. The standard InChI is InChI=1S/C41H43ClFN7O5/c1-24(2)30-18-31(36(52)19-35(30)51)40(54)49-14-11-26(20-49)23-55-41-45-33-22-47(34-9-5-7-27-6-4-8-32(42)37(27)34)15-12-29(33)38(46-41)48-16-17-50(39(53)25(3)43)28(21-48)10-13-44/h4-9,18-19,24,26,28,51-52H,3,10-12,14-17,20-23H2,1-2H3. The molecule has 12 nitrogen and oxygen atoms in total. The quantitative estimate of drug-likeness (QED) is 0.185. The summed E-state index contributed by atoms with van der Waals surface area (Å²) < 4.78 is 20.3. The normalized spacial score (nSPS) is 18.4. The Morgan fingerprint density at radius 2 is 1.84 bits per heavy atom. The first-order valence-electron chi connectivity index (χ1n) is 18.5. The summed E-state index contributed by atoms with van der Waals surface area (Å²) in [6.45, 7) is 10.0. The number of nitriles is 1. The Morgan fingerprint density at radius 3 is 2.58 bits per heavy atom. The molecule has 4 aromatic rings. The second kappa shape index (κ2) is 15.6. The van der Waals surface area contributed by atoms with E-state index in [9.17, 15) is 29.5 Å². The first kappa shape index (κ1) is 37.7. The van der Waals surface area contributed by atoms with Crippen LogP contribution in [0.1, 0.15) is 59.8 Å². The minimum absolute atomic E-state index is 0.0133. The minimum Gasteiger partial charge on any atom is -0.508 e. The number of phenolic OH excluding ortho intramolecular Hbond substituents is 2. The molecule has 1 aromatic heterocycles. The van der Waals surface area contributed by atoms with Gasteiger partial charge in [0.15, 0.2) is 5.83 Å². The van der Waals surface area contributed by atoms with Crippen molar-refractivity contribution in [2.45, 2.75) is 51.6 Å². The van der Waals surface area contributed by atoms with Crippen LogP contribution in [0.4, 0.5) is 15.9 Å². The number of aromatic nitrogens is 2. The summed E-state index contributed by atoms with van der Waals surface area (Å²) in [5, 5.41) is 33.0. The molecule has 2 amide bonds. The molecule has 14 heteroatoms. The van der Waals surface area contributed by atoms with E-state index in [4.69, 9.17) is 26.3 Å². The van der Waals surface area contributed by atoms with E-state index in [2.05, 4.69) is 23.6 Å². The van der Waals surface area contributed by atoms with Crippen LogP contribution in [0, 0.1) is 17.2 Å². The average molecular weight is 768 g/mol. The summed E-state index contributed by atoms with van der Waals surface area (Å²) in [6.07, 6.45) is 1.29. The second-order valence-corrected chi connectivity index (χ2v) is 15.1. The van der Waals surface area contributed by atoms with E-state index < -0.39 is 17.8 Å². The van der Waals surface area contributed by atoms with E-state index >= 15 is 0 Å². The predicted molar refractivity (Wildman–Crippen MR) is 207 cm³/mol. The van der Waals surface area contributed by atoms with Crippen molar-refractivity contribution in [3.05, 3.63) is 88.3 Å². The van der Waals surface area contributed by atoms with E-state index in [1.807, 2.05) is 49.1 Å². The van der Waals surface area contributed by atoms with Gasteiger partial charge in [0.1, 0.15) is 17.3 Å². The fraction of sp³-hybridized carbons (Fsp3) is 0.390. The van der Waals surface area contributed by atoms with Gasteiger partial charge in [0.25, 0.3) is 11.8 Å². The third-order valence-electron chi connectivity index (χ3n) is 10.8. The lowest BCUT2D eigenvalue weighted by atomic mass is 9.98. The van der Waals surface area contributed by atoms with Crippen LogP contribution in [0.25, 0.3) is 10.8 Å². The summed E-state index contributed by atoms with van der Waals surface area (Å²) in [5.74, 6) is -1.93. The van der Waals surface area contributed by atoms with Crippen molar-refractivity contribution < 1.29 is 28.9 Å². The molecule has 0 radical (unpaired) electrons. The molecule has 0 bridgehead atoms. The number of hydrogen-bond acceptors (Lipinski definition) is 10. The van der Waals surface area contributed by atoms with Gasteiger partial charge in [0.05, 0.1) is 48.0 Å². The van der Waals surface area contributed by atoms with Gasteiger partial charge in [-0.15, -0.1) is 0 Å². The first-order valence-corrected chi connectivity index (χ1v) is 18.9. The molecule has 0 saturated carbocycles. The lowest BCUT2D eigenvalue weighted by Gasteiger charge is -2.42. The smallest absolute Gasteiger partial charge is 0.318 e. The number of carbonyl (C=O) groups is 2. The highest BCUT2D eigenvalue weighted by atomic mass is 35.5. The van der Waals surface area contributed by atoms with Crippen LogP contribution in [0.2, 0.25) is 5.02 Å². The van der Waals surface area contributed by atoms with Crippen molar-refractivity contribution in [3.63, 3.8) is 0 Å². The molecule has 2 saturated heterocycles. The number of anilines is 2. The van der Waals surface area contributed by atoms with Gasteiger partial charge in [-0.05, 0) is 47.9 Å². The number of carbonyl (C=O) groups excluding carboxylic acids is 2. The lowest BCUT2D eigenvalue weighted by Crippen LogP contribution is -2.55. The van der Waals surface area contributed by atoms with Crippen molar-refractivity contribution in [3.8, 4) is 23.6 Å². The van der Waals surface area contributed by atoms with Crippen LogP contribution in [-0.4, -0.2) is 93.7 Å². The van der Waals surface area contributed by atoms with Crippen molar-refractivity contribution in [1.82, 2.24) is 19.8 Å². The summed E-state index contributed by atoms with van der Waals surface area (Å²) in [6, 6.07) is 16.4. The largest absolute Gasteiger partial charge is 0.508 e. The fourth-order valence-corrected chi connectivity index (χ4v) is 8.23. The van der Waals surface area contributed by atoms with Crippen LogP contribution in [0.15, 0.2) is 60.9 Å². The molecule has 2 N–H and O–H groups in total. The van der Waals surface area contributed by atoms with Gasteiger partial charge in [0.2, 0.25) is 0 Å². The number of likely N-dealkylation sites (tertiary alicyclic amines) is 1. The van der Waals surface area contributed by atoms with Gasteiger partial charge in [-0.3, -0.25) is 9.59 Å². The molecule has 7 rings (SSSR count). The van der Waals surface area contributed by atoms with Crippen molar-refractivity contribution >= 4 is 45.7 Å². The number of nitrogens with zero attached hydrogens (tertiary/aromatic N) is 7. The molecule has 286 valence electrons. The molecule has 2 atom stereocenters. The molecule has 3 aliphatic heterocycles. The van der Waals surface area contributed by atoms with Gasteiger partial charge < -0.3 is 34.5 Å². The monoisotopic (exact) mass is 767 g/mol. The van der Waals surface area contributed by atoms with Crippen LogP contribution in [-0.2, 0) is 17.8 Å². The SMILES string of the molecule is C=C(F)C(=O)N1CCN(c2nc(OCC3CCN(C(=O)c4cc(C(C)C)c(O)cc4O)C3)nc3c2CCN(c2cccc4cccc(Cl)c24)C3)CC1CC#N. The minimum atomic E-state index is -1.06. The Labute approximate surface area is 324 Å². The fourth-order valence-electron chi connectivity index (χ4n) is 7.95. The third-order valence-corrected chi connectivity index (χ3v) is 11.1. The number of ether oxygens (including phenoxy) is 1. The van der Waals surface area contributed by atoms with Crippen molar-refractivity contribution in [2.75, 3.05) is 55.7 Å². The highest BCUT2D eigenvalue weighted by molar-refractivity contribution is 6.36. The zero-order chi connectivity index (χ0) is 39.0. The summed E-state index contributed by atoms with van der Waals surface area (Å²) in [7, 11) is 0. The predicted octanol–water partition coefficient (Wildman–Crippen LogP) is 6.34. The topological polar surface area (TPSA) is 146 Å². The summed E-state index contributed by atoms with van der Waals surface area (Å²) in [4.78, 5) is 43.3. The zero-order valence-corrected chi connectivity index (χ0v) is 31.6. The number of halogens is 2. The molecule has 55 heavy (non-hydrogen) atoms. The van der Waals surface area contributed by atoms with Gasteiger partial charge in [-0.1, -0.05) is 56.3 Å². The average Bonchev–Trinajstić information content (AvgIpc) is 3.65. The van der Waals surface area contributed by atoms with E-state index in [-0.39, 0.29) is 66.9 Å². The number of benzene rings is 3. The number of piperazine rings is 1. The van der Waals surface area contributed by atoms with Crippen LogP contribution < -0.4 is 14.5 Å². The molecule has 2 fully saturated rings.